The van der Waals surface area contributed by atoms with Gasteiger partial charge in [0.25, 0.3) is 11.8 Å². The van der Waals surface area contributed by atoms with Gasteiger partial charge in [-0.1, -0.05) is 11.6 Å². The molecule has 2 fully saturated rings. The van der Waals surface area contributed by atoms with Gasteiger partial charge in [0.15, 0.2) is 24.0 Å². The lowest BCUT2D eigenvalue weighted by atomic mass is 9.95. The predicted octanol–water partition coefficient (Wildman–Crippen LogP) is 2.36. The van der Waals surface area contributed by atoms with E-state index in [9.17, 15) is 23.2 Å². The summed E-state index contributed by atoms with van der Waals surface area (Å²) in [6.45, 7) is 1.87. The molecule has 1 aromatic heterocycles. The Labute approximate surface area is 286 Å². The van der Waals surface area contributed by atoms with Gasteiger partial charge in [0.2, 0.25) is 11.7 Å². The first-order valence-electron chi connectivity index (χ1n) is 15.4. The minimum atomic E-state index is -1.26. The summed E-state index contributed by atoms with van der Waals surface area (Å²) in [5.41, 5.74) is 0.558. The molecule has 0 saturated carbocycles. The Morgan fingerprint density at radius 2 is 1.86 bits per heavy atom. The summed E-state index contributed by atoms with van der Waals surface area (Å²) in [6.07, 6.45) is 3.33. The molecule has 2 N–H and O–H groups in total. The number of carbonyl (C=O) groups excluding carboxylic acids is 4. The highest BCUT2D eigenvalue weighted by Crippen LogP contribution is 2.31. The van der Waals surface area contributed by atoms with Gasteiger partial charge in [0.05, 0.1) is 55.7 Å². The number of anilines is 1. The Bertz CT molecular complexity index is 1770. The highest BCUT2D eigenvalue weighted by molar-refractivity contribution is 6.34. The molecule has 0 unspecified atom stereocenters. The van der Waals surface area contributed by atoms with E-state index in [0.717, 1.165) is 24.0 Å². The highest BCUT2D eigenvalue weighted by Gasteiger charge is 2.35. The smallest absolute Gasteiger partial charge is 0.291 e. The molecule has 0 radical (unpaired) electrons. The molecular formula is C33H36ClF2N7O6. The molecule has 16 heteroatoms. The summed E-state index contributed by atoms with van der Waals surface area (Å²) in [6, 6.07) is 8.85. The Morgan fingerprint density at radius 1 is 1.16 bits per heavy atom. The minimum Gasteiger partial charge on any atom is -0.554 e. The number of hydrogen-bond donors (Lipinski definition) is 2. The fraction of sp³-hybridized carbons (Fsp3) is 0.394. The van der Waals surface area contributed by atoms with Gasteiger partial charge in [-0.05, 0) is 43.2 Å². The largest absolute Gasteiger partial charge is 0.554 e. The number of hydrogen-bond acceptors (Lipinski definition) is 8. The van der Waals surface area contributed by atoms with E-state index in [4.69, 9.17) is 31.5 Å². The molecule has 2 aliphatic heterocycles. The number of amides is 3. The van der Waals surface area contributed by atoms with E-state index in [0.29, 0.717) is 31.6 Å². The van der Waals surface area contributed by atoms with Gasteiger partial charge in [0, 0.05) is 50.2 Å². The number of imidazole rings is 1. The van der Waals surface area contributed by atoms with Crippen LogP contribution in [0.5, 0.6) is 5.75 Å². The number of carboxylic acid groups (broad SMARTS) is 1. The maximum Gasteiger partial charge on any atom is 0.291 e. The number of piperidine rings is 1. The number of benzene rings is 2. The molecule has 3 aromatic rings. The molecule has 1 atom stereocenters. The normalized spacial score (nSPS) is 16.9. The predicted molar refractivity (Wildman–Crippen MR) is 172 cm³/mol. The topological polar surface area (TPSA) is 169 Å². The van der Waals surface area contributed by atoms with Crippen LogP contribution >= 0.6 is 11.6 Å². The van der Waals surface area contributed by atoms with Gasteiger partial charge in [-0.25, -0.2) is 9.37 Å². The Morgan fingerprint density at radius 3 is 2.47 bits per heavy atom. The zero-order chi connectivity index (χ0) is 35.9. The lowest BCUT2D eigenvalue weighted by Crippen LogP contribution is -2.47. The van der Waals surface area contributed by atoms with Gasteiger partial charge < -0.3 is 39.2 Å². The number of aromatic nitrogens is 2. The first kappa shape index (κ1) is 36.8. The summed E-state index contributed by atoms with van der Waals surface area (Å²) >= 11 is 6.47. The van der Waals surface area contributed by atoms with Crippen molar-refractivity contribution in [3.8, 4) is 23.1 Å². The third-order valence-corrected chi connectivity index (χ3v) is 8.87. The molecular weight excluding hydrogens is 664 g/mol. The second-order valence-electron chi connectivity index (χ2n) is 12.4. The monoisotopic (exact) mass is 699 g/mol. The van der Waals surface area contributed by atoms with Crippen molar-refractivity contribution in [2.24, 2.45) is 13.0 Å². The number of carbonyl (C=O) groups is 4. The van der Waals surface area contributed by atoms with E-state index >= 15 is 0 Å². The van der Waals surface area contributed by atoms with E-state index in [1.54, 1.807) is 11.0 Å². The van der Waals surface area contributed by atoms with Crippen molar-refractivity contribution >= 4 is 41.5 Å². The number of ether oxygens (including phenoxy) is 1. The molecule has 0 aliphatic carbocycles. The van der Waals surface area contributed by atoms with E-state index in [1.807, 2.05) is 0 Å². The maximum absolute atomic E-state index is 14.8. The lowest BCUT2D eigenvalue weighted by molar-refractivity contribution is -0.878. The van der Waals surface area contributed by atoms with Crippen LogP contribution in [0.4, 0.5) is 14.5 Å². The standard InChI is InChI=1S/C32H34ClF2N7O4.CH2O2/c1-40-25(23-6-7-26(46-15-11-36)28(35)27(23)34)17-37-29(40)31(44)38-20-4-5-22(24(33)16-20)32(45)41-12-8-19(9-13-41)30(43)39-21-10-14-42(2,3)18-21;2-1-3/h4-7,16-17,19,21H,8-10,12-15,18H2,1-3H3,(H-,38,39,43,44,45);1H,(H,2,3)/t21-;/m0./s1. The Kier molecular flexibility index (Phi) is 11.9. The van der Waals surface area contributed by atoms with E-state index in [-0.39, 0.29) is 51.4 Å². The molecule has 49 heavy (non-hydrogen) atoms. The first-order chi connectivity index (χ1) is 23.3. The molecule has 3 heterocycles. The fourth-order valence-electron chi connectivity index (χ4n) is 6.01. The van der Waals surface area contributed by atoms with Crippen LogP contribution in [0.2, 0.25) is 5.02 Å². The van der Waals surface area contributed by atoms with Crippen molar-refractivity contribution in [1.29, 1.82) is 5.26 Å². The molecule has 2 saturated heterocycles. The maximum atomic E-state index is 14.8. The van der Waals surface area contributed by atoms with Crippen molar-refractivity contribution in [2.75, 3.05) is 52.2 Å². The number of halogens is 3. The molecule has 2 aliphatic rings. The number of likely N-dealkylation sites (N-methyl/N-ethyl adjacent to an activating group) is 1. The van der Waals surface area contributed by atoms with Crippen molar-refractivity contribution in [3.63, 3.8) is 0 Å². The van der Waals surface area contributed by atoms with E-state index in [1.165, 1.54) is 48.1 Å². The molecule has 2 aromatic carbocycles. The third-order valence-electron chi connectivity index (χ3n) is 8.56. The van der Waals surface area contributed by atoms with Gasteiger partial charge in [-0.15, -0.1) is 0 Å². The highest BCUT2D eigenvalue weighted by atomic mass is 35.5. The van der Waals surface area contributed by atoms with Crippen LogP contribution in [-0.2, 0) is 16.6 Å². The molecule has 0 bridgehead atoms. The quantitative estimate of drug-likeness (QED) is 0.267. The van der Waals surface area contributed by atoms with Crippen LogP contribution in [0.25, 0.3) is 11.3 Å². The number of nitrogens with one attached hydrogen (secondary N) is 2. The third kappa shape index (κ3) is 8.70. The second-order valence-corrected chi connectivity index (χ2v) is 12.8. The summed E-state index contributed by atoms with van der Waals surface area (Å²) in [4.78, 5) is 53.1. The lowest BCUT2D eigenvalue weighted by Gasteiger charge is -2.32. The van der Waals surface area contributed by atoms with Crippen LogP contribution in [-0.4, -0.2) is 96.1 Å². The summed E-state index contributed by atoms with van der Waals surface area (Å²) in [7, 11) is 5.79. The molecule has 260 valence electrons. The number of likely N-dealkylation sites (tertiary alicyclic amines) is 2. The summed E-state index contributed by atoms with van der Waals surface area (Å²) < 4.78 is 36.4. The zero-order valence-electron chi connectivity index (χ0n) is 27.2. The first-order valence-corrected chi connectivity index (χ1v) is 15.8. The zero-order valence-corrected chi connectivity index (χ0v) is 27.9. The molecule has 3 amide bonds. The van der Waals surface area contributed by atoms with Crippen molar-refractivity contribution < 1.29 is 42.3 Å². The number of nitriles is 1. The summed E-state index contributed by atoms with van der Waals surface area (Å²) in [5.74, 6) is -3.95. The second kappa shape index (κ2) is 15.9. The average Bonchev–Trinajstić information content (AvgIpc) is 3.62. The van der Waals surface area contributed by atoms with Crippen LogP contribution in [0, 0.1) is 28.9 Å². The number of nitrogens with zero attached hydrogens (tertiary/aromatic N) is 5. The van der Waals surface area contributed by atoms with Crippen LogP contribution in [0.1, 0.15) is 40.2 Å². The van der Waals surface area contributed by atoms with Crippen LogP contribution < -0.4 is 20.5 Å². The Hall–Kier alpha value is -5.07. The van der Waals surface area contributed by atoms with Gasteiger partial charge in [-0.2, -0.15) is 9.65 Å². The van der Waals surface area contributed by atoms with Crippen molar-refractivity contribution in [2.45, 2.75) is 25.3 Å². The minimum absolute atomic E-state index is 0.0498. The average molecular weight is 700 g/mol. The van der Waals surface area contributed by atoms with Gasteiger partial charge in [0.1, 0.15) is 6.07 Å². The molecule has 0 spiro atoms. The van der Waals surface area contributed by atoms with E-state index < -0.39 is 36.4 Å². The Balaban J connectivity index is 0.00000174. The number of quaternary nitrogens is 1. The molecule has 5 rings (SSSR count). The van der Waals surface area contributed by atoms with Crippen molar-refractivity contribution in [3.05, 3.63) is 64.6 Å². The summed E-state index contributed by atoms with van der Waals surface area (Å²) in [5, 5.41) is 22.9. The van der Waals surface area contributed by atoms with Gasteiger partial charge >= 0.3 is 0 Å². The van der Waals surface area contributed by atoms with E-state index in [2.05, 4.69) is 29.7 Å². The van der Waals surface area contributed by atoms with Crippen LogP contribution in [0.3, 0.4) is 0 Å². The molecule has 13 nitrogen and oxygen atoms in total. The van der Waals surface area contributed by atoms with Gasteiger partial charge in [-0.3, -0.25) is 14.4 Å². The number of rotatable bonds is 8. The SMILES string of the molecule is Cn1c(-c2ccc(OCC#N)c(F)c2F)cnc1C(=O)Nc1ccc(C(=O)N2CCC(C(=O)N[C@H]3CC[N+](C)(C)C3)CC2)c(Cl)c1.O=C[O-]. The van der Waals surface area contributed by atoms with Crippen molar-refractivity contribution in [1.82, 2.24) is 19.8 Å². The fourth-order valence-corrected chi connectivity index (χ4v) is 6.27. The van der Waals surface area contributed by atoms with Crippen LogP contribution in [0.15, 0.2) is 36.5 Å².